The molecule has 5 nitrogen and oxygen atoms in total. The van der Waals surface area contributed by atoms with Crippen LogP contribution >= 0.6 is 0 Å². The molecule has 2 heterocycles. The number of nitrogen functional groups attached to an aromatic ring is 1. The molecule has 0 spiro atoms. The van der Waals surface area contributed by atoms with Crippen LogP contribution in [0.5, 0.6) is 11.5 Å². The lowest BCUT2D eigenvalue weighted by atomic mass is 9.97. The molecule has 3 N–H and O–H groups in total. The number of aromatic amines is 1. The molecule has 3 rings (SSSR count). The molecule has 0 saturated heterocycles. The van der Waals surface area contributed by atoms with Crippen molar-refractivity contribution in [1.29, 1.82) is 0 Å². The van der Waals surface area contributed by atoms with Gasteiger partial charge < -0.3 is 15.2 Å². The van der Waals surface area contributed by atoms with Gasteiger partial charge in [-0.25, -0.2) is 0 Å². The fourth-order valence-electron chi connectivity index (χ4n) is 2.24. The maximum absolute atomic E-state index is 5.90. The Kier molecular flexibility index (Phi) is 2.85. The van der Waals surface area contributed by atoms with Gasteiger partial charge in [0.05, 0.1) is 18.9 Å². The first-order valence-electron chi connectivity index (χ1n) is 6.66. The first-order valence-corrected chi connectivity index (χ1v) is 6.66. The van der Waals surface area contributed by atoms with E-state index < -0.39 is 0 Å². The van der Waals surface area contributed by atoms with Crippen molar-refractivity contribution < 1.29 is 9.47 Å². The molecule has 1 aliphatic heterocycles. The van der Waals surface area contributed by atoms with Crippen molar-refractivity contribution in [3.8, 4) is 22.8 Å². The summed E-state index contributed by atoms with van der Waals surface area (Å²) in [6.45, 7) is 7.57. The summed E-state index contributed by atoms with van der Waals surface area (Å²) in [5, 5.41) is 6.90. The fraction of sp³-hybridized carbons (Fsp3) is 0.400. The molecule has 0 bridgehead atoms. The molecule has 0 aliphatic carbocycles. The Morgan fingerprint density at radius 1 is 1.15 bits per heavy atom. The van der Waals surface area contributed by atoms with E-state index in [1.807, 2.05) is 25.1 Å². The van der Waals surface area contributed by atoms with Gasteiger partial charge in [-0.2, -0.15) is 5.10 Å². The van der Waals surface area contributed by atoms with Gasteiger partial charge in [-0.05, 0) is 24.6 Å². The lowest BCUT2D eigenvalue weighted by Crippen LogP contribution is -2.26. The maximum Gasteiger partial charge on any atom is 0.161 e. The van der Waals surface area contributed by atoms with Gasteiger partial charge in [-0.15, -0.1) is 0 Å². The maximum atomic E-state index is 5.90. The van der Waals surface area contributed by atoms with Crippen molar-refractivity contribution in [2.24, 2.45) is 5.41 Å². The number of ether oxygens (including phenoxy) is 2. The summed E-state index contributed by atoms with van der Waals surface area (Å²) < 4.78 is 11.8. The van der Waals surface area contributed by atoms with Crippen molar-refractivity contribution in [2.75, 3.05) is 18.9 Å². The third-order valence-corrected chi connectivity index (χ3v) is 3.42. The lowest BCUT2D eigenvalue weighted by molar-refractivity contribution is 0.140. The number of hydrogen-bond acceptors (Lipinski definition) is 4. The van der Waals surface area contributed by atoms with E-state index in [4.69, 9.17) is 15.2 Å². The van der Waals surface area contributed by atoms with Crippen molar-refractivity contribution in [3.05, 3.63) is 23.8 Å². The standard InChI is InChI=1S/C15H19N3O2/c1-9-4-12-13(20-8-15(2,3)7-19-12)5-10(9)11-6-14(16)18-17-11/h4-6H,7-8H2,1-3H3,(H3,16,17,18). The number of anilines is 1. The van der Waals surface area contributed by atoms with E-state index in [1.165, 1.54) is 0 Å². The normalized spacial score (nSPS) is 16.8. The molecule has 0 saturated carbocycles. The fourth-order valence-corrected chi connectivity index (χ4v) is 2.24. The predicted octanol–water partition coefficient (Wildman–Crippen LogP) is 2.76. The molecular weight excluding hydrogens is 254 g/mol. The van der Waals surface area contributed by atoms with E-state index in [9.17, 15) is 0 Å². The van der Waals surface area contributed by atoms with Crippen LogP contribution in [0.25, 0.3) is 11.3 Å². The summed E-state index contributed by atoms with van der Waals surface area (Å²) in [7, 11) is 0. The smallest absolute Gasteiger partial charge is 0.161 e. The zero-order valence-electron chi connectivity index (χ0n) is 12.0. The van der Waals surface area contributed by atoms with Crippen LogP contribution in [-0.2, 0) is 0 Å². The van der Waals surface area contributed by atoms with Crippen LogP contribution in [0.4, 0.5) is 5.82 Å². The summed E-state index contributed by atoms with van der Waals surface area (Å²) in [6, 6.07) is 5.80. The van der Waals surface area contributed by atoms with Crippen LogP contribution in [0.15, 0.2) is 18.2 Å². The van der Waals surface area contributed by atoms with Crippen LogP contribution in [0.1, 0.15) is 19.4 Å². The first kappa shape index (κ1) is 12.8. The van der Waals surface area contributed by atoms with Gasteiger partial charge in [0.2, 0.25) is 0 Å². The second-order valence-corrected chi connectivity index (χ2v) is 6.06. The van der Waals surface area contributed by atoms with Crippen molar-refractivity contribution in [3.63, 3.8) is 0 Å². The average molecular weight is 273 g/mol. The molecule has 0 unspecified atom stereocenters. The van der Waals surface area contributed by atoms with Gasteiger partial charge in [-0.1, -0.05) is 13.8 Å². The predicted molar refractivity (Wildman–Crippen MR) is 77.9 cm³/mol. The Labute approximate surface area is 118 Å². The Morgan fingerprint density at radius 2 is 1.80 bits per heavy atom. The molecule has 2 aromatic rings. The van der Waals surface area contributed by atoms with Crippen LogP contribution in [-0.4, -0.2) is 23.4 Å². The van der Waals surface area contributed by atoms with Crippen LogP contribution < -0.4 is 15.2 Å². The minimum absolute atomic E-state index is 0.00546. The molecule has 1 aromatic heterocycles. The third kappa shape index (κ3) is 2.31. The highest BCUT2D eigenvalue weighted by atomic mass is 16.5. The molecule has 106 valence electrons. The number of H-pyrrole nitrogens is 1. The number of rotatable bonds is 1. The Balaban J connectivity index is 2.02. The quantitative estimate of drug-likeness (QED) is 0.838. The number of hydrogen-bond donors (Lipinski definition) is 2. The van der Waals surface area contributed by atoms with Crippen molar-refractivity contribution in [2.45, 2.75) is 20.8 Å². The van der Waals surface area contributed by atoms with Gasteiger partial charge in [0.15, 0.2) is 11.5 Å². The van der Waals surface area contributed by atoms with E-state index in [2.05, 4.69) is 24.0 Å². The molecule has 5 heteroatoms. The summed E-state index contributed by atoms with van der Waals surface area (Å²) in [6.07, 6.45) is 0. The highest BCUT2D eigenvalue weighted by Crippen LogP contribution is 2.38. The van der Waals surface area contributed by atoms with E-state index in [-0.39, 0.29) is 5.41 Å². The number of nitrogens with two attached hydrogens (primary N) is 1. The molecule has 1 aromatic carbocycles. The molecule has 0 atom stereocenters. The number of fused-ring (bicyclic) bond motifs is 1. The largest absolute Gasteiger partial charge is 0.489 e. The molecule has 0 fully saturated rings. The molecular formula is C15H19N3O2. The van der Waals surface area contributed by atoms with Gasteiger partial charge in [0.1, 0.15) is 5.82 Å². The number of aryl methyl sites for hydroxylation is 1. The van der Waals surface area contributed by atoms with Gasteiger partial charge in [0.25, 0.3) is 0 Å². The molecule has 1 aliphatic rings. The summed E-state index contributed by atoms with van der Waals surface area (Å²) in [5.41, 5.74) is 8.67. The highest BCUT2D eigenvalue weighted by Gasteiger charge is 2.26. The van der Waals surface area contributed by atoms with Crippen LogP contribution in [0.3, 0.4) is 0 Å². The monoisotopic (exact) mass is 273 g/mol. The number of aromatic nitrogens is 2. The summed E-state index contributed by atoms with van der Waals surface area (Å²) >= 11 is 0. The topological polar surface area (TPSA) is 73.2 Å². The minimum atomic E-state index is 0.00546. The van der Waals surface area contributed by atoms with Crippen molar-refractivity contribution >= 4 is 5.82 Å². The second-order valence-electron chi connectivity index (χ2n) is 6.06. The van der Waals surface area contributed by atoms with Crippen molar-refractivity contribution in [1.82, 2.24) is 10.2 Å². The van der Waals surface area contributed by atoms with Crippen LogP contribution in [0, 0.1) is 12.3 Å². The SMILES string of the molecule is Cc1cc2c(cc1-c1cc(N)n[nH]1)OCC(C)(C)CO2. The van der Waals surface area contributed by atoms with Crippen LogP contribution in [0.2, 0.25) is 0 Å². The highest BCUT2D eigenvalue weighted by molar-refractivity contribution is 5.69. The Bertz CT molecular complexity index is 647. The lowest BCUT2D eigenvalue weighted by Gasteiger charge is -2.19. The molecule has 20 heavy (non-hydrogen) atoms. The van der Waals surface area contributed by atoms with Gasteiger partial charge >= 0.3 is 0 Å². The summed E-state index contributed by atoms with van der Waals surface area (Å²) in [5.74, 6) is 2.04. The number of nitrogens with one attached hydrogen (secondary N) is 1. The summed E-state index contributed by atoms with van der Waals surface area (Å²) in [4.78, 5) is 0. The Morgan fingerprint density at radius 3 is 2.40 bits per heavy atom. The zero-order valence-corrected chi connectivity index (χ0v) is 12.0. The van der Waals surface area contributed by atoms with Gasteiger partial charge in [0, 0.05) is 17.0 Å². The van der Waals surface area contributed by atoms with E-state index in [0.717, 1.165) is 28.3 Å². The van der Waals surface area contributed by atoms with Gasteiger partial charge in [-0.3, -0.25) is 5.10 Å². The minimum Gasteiger partial charge on any atom is -0.489 e. The first-order chi connectivity index (χ1) is 9.44. The molecule has 0 amide bonds. The second kappa shape index (κ2) is 4.44. The number of nitrogens with zero attached hydrogens (tertiary/aromatic N) is 1. The Hall–Kier alpha value is -2.17. The zero-order chi connectivity index (χ0) is 14.3. The van der Waals surface area contributed by atoms with E-state index in [0.29, 0.717) is 19.0 Å². The molecule has 0 radical (unpaired) electrons. The average Bonchev–Trinajstić information content (AvgIpc) is 2.75. The van der Waals surface area contributed by atoms with E-state index in [1.54, 1.807) is 0 Å². The third-order valence-electron chi connectivity index (χ3n) is 3.42. The van der Waals surface area contributed by atoms with E-state index >= 15 is 0 Å². The number of benzene rings is 1.